The van der Waals surface area contributed by atoms with Gasteiger partial charge >= 0.3 is 0 Å². The van der Waals surface area contributed by atoms with Gasteiger partial charge in [-0.1, -0.05) is 43.3 Å². The third-order valence-electron chi connectivity index (χ3n) is 4.37. The Balaban J connectivity index is 0.00000364. The van der Waals surface area contributed by atoms with Gasteiger partial charge in [0.05, 0.1) is 14.2 Å². The number of guanidine groups is 1. The molecule has 0 spiro atoms. The molecule has 5 nitrogen and oxygen atoms in total. The van der Waals surface area contributed by atoms with E-state index in [1.165, 1.54) is 5.56 Å². The largest absolute Gasteiger partial charge is 0.493 e. The fourth-order valence-electron chi connectivity index (χ4n) is 2.75. The average molecular weight is 483 g/mol. The molecule has 148 valence electrons. The molecule has 0 amide bonds. The highest BCUT2D eigenvalue weighted by atomic mass is 127. The predicted molar refractivity (Wildman–Crippen MR) is 123 cm³/mol. The fourth-order valence-corrected chi connectivity index (χ4v) is 2.75. The van der Waals surface area contributed by atoms with Crippen LogP contribution < -0.4 is 20.1 Å². The number of hydrogen-bond acceptors (Lipinski definition) is 3. The first kappa shape index (κ1) is 23.1. The number of halogens is 1. The van der Waals surface area contributed by atoms with Crippen LogP contribution in [0.3, 0.4) is 0 Å². The molecule has 0 radical (unpaired) electrons. The van der Waals surface area contributed by atoms with Crippen LogP contribution in [0.1, 0.15) is 30.4 Å². The number of aliphatic imine (C=N–C) groups is 1. The standard InChI is InChI=1S/C21H29N3O2.HI/c1-16(18-8-6-5-7-9-18)12-13-23-21(22-2)24-15-17-10-11-19(25-3)20(14-17)26-4;/h5-11,14,16H,12-13,15H2,1-4H3,(H2,22,23,24);1H. The SMILES string of the molecule is CN=C(NCCC(C)c1ccccc1)NCc1ccc(OC)c(OC)c1.I. The van der Waals surface area contributed by atoms with Gasteiger partial charge in [-0.25, -0.2) is 0 Å². The summed E-state index contributed by atoms with van der Waals surface area (Å²) in [5.74, 6) is 2.76. The summed E-state index contributed by atoms with van der Waals surface area (Å²) in [5.41, 5.74) is 2.46. The molecule has 0 bridgehead atoms. The minimum Gasteiger partial charge on any atom is -0.493 e. The highest BCUT2D eigenvalue weighted by Gasteiger charge is 2.07. The molecule has 2 rings (SSSR count). The van der Waals surface area contributed by atoms with Gasteiger partial charge in [0.15, 0.2) is 17.5 Å². The molecular formula is C21H30IN3O2. The zero-order chi connectivity index (χ0) is 18.8. The van der Waals surface area contributed by atoms with E-state index in [-0.39, 0.29) is 24.0 Å². The number of nitrogens with zero attached hydrogens (tertiary/aromatic N) is 1. The Bertz CT molecular complexity index is 708. The summed E-state index contributed by atoms with van der Waals surface area (Å²) >= 11 is 0. The van der Waals surface area contributed by atoms with Crippen molar-refractivity contribution in [2.75, 3.05) is 27.8 Å². The van der Waals surface area contributed by atoms with E-state index in [1.54, 1.807) is 21.3 Å². The summed E-state index contributed by atoms with van der Waals surface area (Å²) in [6, 6.07) is 16.5. The third-order valence-corrected chi connectivity index (χ3v) is 4.37. The zero-order valence-corrected chi connectivity index (χ0v) is 18.8. The number of hydrogen-bond donors (Lipinski definition) is 2. The lowest BCUT2D eigenvalue weighted by molar-refractivity contribution is 0.354. The van der Waals surface area contributed by atoms with Gasteiger partial charge < -0.3 is 20.1 Å². The first-order valence-corrected chi connectivity index (χ1v) is 8.88. The molecule has 2 aromatic carbocycles. The molecule has 0 saturated carbocycles. The van der Waals surface area contributed by atoms with Crippen molar-refractivity contribution in [1.29, 1.82) is 0 Å². The molecule has 0 aromatic heterocycles. The normalized spacial score (nSPS) is 11.9. The Morgan fingerprint density at radius 3 is 2.33 bits per heavy atom. The Kier molecular flexibility index (Phi) is 10.6. The van der Waals surface area contributed by atoms with Crippen molar-refractivity contribution >= 4 is 29.9 Å². The lowest BCUT2D eigenvalue weighted by atomic mass is 9.98. The van der Waals surface area contributed by atoms with Crippen molar-refractivity contribution in [3.63, 3.8) is 0 Å². The molecule has 0 fully saturated rings. The van der Waals surface area contributed by atoms with Gasteiger partial charge in [0.25, 0.3) is 0 Å². The Morgan fingerprint density at radius 2 is 1.70 bits per heavy atom. The zero-order valence-electron chi connectivity index (χ0n) is 16.5. The quantitative estimate of drug-likeness (QED) is 0.336. The van der Waals surface area contributed by atoms with E-state index in [2.05, 4.69) is 46.8 Å². The van der Waals surface area contributed by atoms with Crippen LogP contribution in [0.15, 0.2) is 53.5 Å². The maximum absolute atomic E-state index is 5.34. The lowest BCUT2D eigenvalue weighted by Gasteiger charge is -2.16. The van der Waals surface area contributed by atoms with Crippen molar-refractivity contribution < 1.29 is 9.47 Å². The number of rotatable bonds is 8. The molecule has 27 heavy (non-hydrogen) atoms. The predicted octanol–water partition coefficient (Wildman–Crippen LogP) is 4.18. The summed E-state index contributed by atoms with van der Waals surface area (Å²) in [6.07, 6.45) is 1.04. The molecule has 0 aliphatic heterocycles. The Morgan fingerprint density at radius 1 is 1.00 bits per heavy atom. The van der Waals surface area contributed by atoms with Gasteiger partial charge in [-0.05, 0) is 35.6 Å². The summed E-state index contributed by atoms with van der Waals surface area (Å²) < 4.78 is 10.6. The molecule has 2 aromatic rings. The highest BCUT2D eigenvalue weighted by molar-refractivity contribution is 14.0. The summed E-state index contributed by atoms with van der Waals surface area (Å²) in [7, 11) is 5.06. The van der Waals surface area contributed by atoms with Gasteiger partial charge in [0, 0.05) is 20.1 Å². The smallest absolute Gasteiger partial charge is 0.191 e. The van der Waals surface area contributed by atoms with Crippen LogP contribution in [0.25, 0.3) is 0 Å². The van der Waals surface area contributed by atoms with Gasteiger partial charge in [-0.2, -0.15) is 0 Å². The van der Waals surface area contributed by atoms with E-state index in [0.29, 0.717) is 12.5 Å². The summed E-state index contributed by atoms with van der Waals surface area (Å²) in [6.45, 7) is 3.77. The number of ether oxygens (including phenoxy) is 2. The molecule has 6 heteroatoms. The summed E-state index contributed by atoms with van der Waals surface area (Å²) in [5, 5.41) is 6.70. The van der Waals surface area contributed by atoms with Crippen LogP contribution in [-0.4, -0.2) is 33.8 Å². The van der Waals surface area contributed by atoms with Crippen LogP contribution in [0, 0.1) is 0 Å². The molecule has 0 heterocycles. The van der Waals surface area contributed by atoms with Gasteiger partial charge in [0.2, 0.25) is 0 Å². The average Bonchev–Trinajstić information content (AvgIpc) is 2.70. The lowest BCUT2D eigenvalue weighted by Crippen LogP contribution is -2.37. The van der Waals surface area contributed by atoms with Crippen LogP contribution in [0.5, 0.6) is 11.5 Å². The maximum atomic E-state index is 5.34. The summed E-state index contributed by atoms with van der Waals surface area (Å²) in [4.78, 5) is 4.29. The number of nitrogens with one attached hydrogen (secondary N) is 2. The maximum Gasteiger partial charge on any atom is 0.191 e. The van der Waals surface area contributed by atoms with Crippen LogP contribution in [0.4, 0.5) is 0 Å². The Hall–Kier alpha value is -1.96. The monoisotopic (exact) mass is 483 g/mol. The van der Waals surface area contributed by atoms with Crippen molar-refractivity contribution in [3.8, 4) is 11.5 Å². The van der Waals surface area contributed by atoms with Crippen molar-refractivity contribution in [3.05, 3.63) is 59.7 Å². The van der Waals surface area contributed by atoms with E-state index in [0.717, 1.165) is 36.0 Å². The fraction of sp³-hybridized carbons (Fsp3) is 0.381. The molecule has 0 saturated heterocycles. The second kappa shape index (κ2) is 12.4. The molecule has 1 atom stereocenters. The Labute approximate surface area is 179 Å². The van der Waals surface area contributed by atoms with E-state index in [9.17, 15) is 0 Å². The topological polar surface area (TPSA) is 54.9 Å². The molecule has 1 unspecified atom stereocenters. The van der Waals surface area contributed by atoms with Crippen molar-refractivity contribution in [2.45, 2.75) is 25.8 Å². The third kappa shape index (κ3) is 7.28. The van der Waals surface area contributed by atoms with E-state index in [4.69, 9.17) is 9.47 Å². The molecule has 0 aliphatic rings. The number of benzene rings is 2. The number of methoxy groups -OCH3 is 2. The second-order valence-electron chi connectivity index (χ2n) is 6.14. The molecular weight excluding hydrogens is 453 g/mol. The second-order valence-corrected chi connectivity index (χ2v) is 6.14. The highest BCUT2D eigenvalue weighted by Crippen LogP contribution is 2.27. The van der Waals surface area contributed by atoms with Crippen LogP contribution in [0.2, 0.25) is 0 Å². The minimum atomic E-state index is 0. The van der Waals surface area contributed by atoms with Gasteiger partial charge in [-0.3, -0.25) is 4.99 Å². The van der Waals surface area contributed by atoms with Gasteiger partial charge in [-0.15, -0.1) is 24.0 Å². The van der Waals surface area contributed by atoms with Crippen molar-refractivity contribution in [1.82, 2.24) is 10.6 Å². The van der Waals surface area contributed by atoms with E-state index in [1.807, 2.05) is 24.3 Å². The molecule has 0 aliphatic carbocycles. The first-order chi connectivity index (χ1) is 12.7. The van der Waals surface area contributed by atoms with Crippen LogP contribution >= 0.6 is 24.0 Å². The van der Waals surface area contributed by atoms with E-state index < -0.39 is 0 Å². The van der Waals surface area contributed by atoms with E-state index >= 15 is 0 Å². The van der Waals surface area contributed by atoms with Crippen molar-refractivity contribution in [2.24, 2.45) is 4.99 Å². The first-order valence-electron chi connectivity index (χ1n) is 8.88. The minimum absolute atomic E-state index is 0. The molecule has 2 N–H and O–H groups in total. The van der Waals surface area contributed by atoms with Gasteiger partial charge in [0.1, 0.15) is 0 Å². The van der Waals surface area contributed by atoms with Crippen LogP contribution in [-0.2, 0) is 6.54 Å².